The number of hydrogen-bond acceptors (Lipinski definition) is 2. The lowest BCUT2D eigenvalue weighted by Gasteiger charge is -2.15. The van der Waals surface area contributed by atoms with E-state index >= 15 is 0 Å². The van der Waals surface area contributed by atoms with Gasteiger partial charge in [-0.05, 0) is 35.6 Å². The number of benzene rings is 1. The van der Waals surface area contributed by atoms with Gasteiger partial charge in [-0.3, -0.25) is 0 Å². The van der Waals surface area contributed by atoms with Crippen molar-refractivity contribution < 1.29 is 0 Å². The van der Waals surface area contributed by atoms with Crippen molar-refractivity contribution >= 4 is 23.2 Å². The van der Waals surface area contributed by atoms with Gasteiger partial charge >= 0.3 is 0 Å². The first kappa shape index (κ1) is 9.91. The predicted octanol–water partition coefficient (Wildman–Crippen LogP) is 2.21. The Balaban J connectivity index is 1.93. The van der Waals surface area contributed by atoms with Gasteiger partial charge in [-0.15, -0.1) is 0 Å². The first-order chi connectivity index (χ1) is 7.16. The molecule has 1 saturated carbocycles. The molecule has 0 amide bonds. The maximum Gasteiger partial charge on any atom is 0.0424 e. The van der Waals surface area contributed by atoms with E-state index < -0.39 is 0 Å². The molecular weight excluding hydrogens is 231 g/mol. The first-order valence-electron chi connectivity index (χ1n) is 5.12. The van der Waals surface area contributed by atoms with Gasteiger partial charge in [-0.2, -0.15) is 0 Å². The molecule has 80 valence electrons. The summed E-state index contributed by atoms with van der Waals surface area (Å²) >= 11 is 12.0. The van der Waals surface area contributed by atoms with E-state index in [0.29, 0.717) is 34.0 Å². The molecule has 2 aliphatic rings. The normalized spacial score (nSPS) is 37.8. The van der Waals surface area contributed by atoms with Crippen molar-refractivity contribution in [3.63, 3.8) is 0 Å². The zero-order valence-electron chi connectivity index (χ0n) is 8.08. The second-order valence-corrected chi connectivity index (χ2v) is 5.28. The summed E-state index contributed by atoms with van der Waals surface area (Å²) in [7, 11) is 0. The highest BCUT2D eigenvalue weighted by molar-refractivity contribution is 6.34. The van der Waals surface area contributed by atoms with Gasteiger partial charge in [0.05, 0.1) is 0 Å². The van der Waals surface area contributed by atoms with E-state index in [0.717, 1.165) is 12.1 Å². The number of fused-ring (bicyclic) bond motifs is 1. The van der Waals surface area contributed by atoms with Crippen molar-refractivity contribution in [3.05, 3.63) is 33.8 Å². The molecule has 1 saturated heterocycles. The van der Waals surface area contributed by atoms with Crippen LogP contribution in [-0.4, -0.2) is 12.6 Å². The minimum absolute atomic E-state index is 0.334. The van der Waals surface area contributed by atoms with Crippen LogP contribution in [0.1, 0.15) is 11.6 Å². The third kappa shape index (κ3) is 1.56. The Labute approximate surface area is 98.7 Å². The molecule has 1 aromatic rings. The Hall–Kier alpha value is -0.280. The van der Waals surface area contributed by atoms with E-state index in [-0.39, 0.29) is 0 Å². The Bertz CT molecular complexity index is 387. The maximum atomic E-state index is 5.98. The van der Waals surface area contributed by atoms with Crippen molar-refractivity contribution in [2.75, 3.05) is 6.54 Å². The van der Waals surface area contributed by atoms with Crippen LogP contribution in [0.3, 0.4) is 0 Å². The Morgan fingerprint density at radius 2 is 1.87 bits per heavy atom. The fraction of sp³-hybridized carbons (Fsp3) is 0.455. The minimum atomic E-state index is 0.334. The lowest BCUT2D eigenvalue weighted by Crippen LogP contribution is -2.25. The zero-order valence-corrected chi connectivity index (χ0v) is 9.59. The molecule has 15 heavy (non-hydrogen) atoms. The van der Waals surface area contributed by atoms with Crippen LogP contribution in [0.2, 0.25) is 10.0 Å². The standard InChI is InChI=1S/C11H12Cl2N2/c12-6-1-5(2-7(13)3-6)11-9-8(4-15-11)10(9)14/h1-3,8-11,15H,4,14H2. The molecule has 4 atom stereocenters. The summed E-state index contributed by atoms with van der Waals surface area (Å²) in [5, 5.41) is 4.84. The van der Waals surface area contributed by atoms with Gasteiger partial charge in [0.1, 0.15) is 0 Å². The van der Waals surface area contributed by atoms with Crippen molar-refractivity contribution in [2.24, 2.45) is 17.6 Å². The summed E-state index contributed by atoms with van der Waals surface area (Å²) in [5.74, 6) is 1.22. The molecule has 3 rings (SSSR count). The summed E-state index contributed by atoms with van der Waals surface area (Å²) in [5.41, 5.74) is 7.13. The van der Waals surface area contributed by atoms with Gasteiger partial charge in [0, 0.05) is 28.7 Å². The van der Waals surface area contributed by atoms with Gasteiger partial charge < -0.3 is 11.1 Å². The van der Waals surface area contributed by atoms with E-state index in [1.54, 1.807) is 6.07 Å². The van der Waals surface area contributed by atoms with Crippen molar-refractivity contribution in [3.8, 4) is 0 Å². The minimum Gasteiger partial charge on any atom is -0.327 e. The van der Waals surface area contributed by atoms with Gasteiger partial charge in [-0.1, -0.05) is 23.2 Å². The Morgan fingerprint density at radius 3 is 2.40 bits per heavy atom. The molecule has 0 radical (unpaired) electrons. The van der Waals surface area contributed by atoms with Crippen molar-refractivity contribution in [2.45, 2.75) is 12.1 Å². The lowest BCUT2D eigenvalue weighted by atomic mass is 10.0. The SMILES string of the molecule is NC1C2CNC(c3cc(Cl)cc(Cl)c3)C12. The van der Waals surface area contributed by atoms with Crippen LogP contribution in [0.4, 0.5) is 0 Å². The highest BCUT2D eigenvalue weighted by Crippen LogP contribution is 2.50. The number of piperidine rings is 1. The highest BCUT2D eigenvalue weighted by atomic mass is 35.5. The van der Waals surface area contributed by atoms with Crippen molar-refractivity contribution in [1.29, 1.82) is 0 Å². The third-order valence-electron chi connectivity index (χ3n) is 3.49. The van der Waals surface area contributed by atoms with Crippen molar-refractivity contribution in [1.82, 2.24) is 5.32 Å². The predicted molar refractivity (Wildman–Crippen MR) is 62.2 cm³/mol. The quantitative estimate of drug-likeness (QED) is 0.793. The summed E-state index contributed by atoms with van der Waals surface area (Å²) in [6.07, 6.45) is 0. The van der Waals surface area contributed by atoms with Crippen LogP contribution < -0.4 is 11.1 Å². The van der Waals surface area contributed by atoms with Crippen LogP contribution in [0.5, 0.6) is 0 Å². The fourth-order valence-corrected chi connectivity index (χ4v) is 3.21. The summed E-state index contributed by atoms with van der Waals surface area (Å²) < 4.78 is 0. The Morgan fingerprint density at radius 1 is 1.20 bits per heavy atom. The number of nitrogens with two attached hydrogens (primary N) is 1. The van der Waals surface area contributed by atoms with Crippen LogP contribution >= 0.6 is 23.2 Å². The number of hydrogen-bond donors (Lipinski definition) is 2. The van der Waals surface area contributed by atoms with E-state index in [1.807, 2.05) is 12.1 Å². The van der Waals surface area contributed by atoms with Crippen LogP contribution in [0, 0.1) is 11.8 Å². The summed E-state index contributed by atoms with van der Waals surface area (Å²) in [4.78, 5) is 0. The molecule has 0 spiro atoms. The molecule has 4 unspecified atom stereocenters. The lowest BCUT2D eigenvalue weighted by molar-refractivity contribution is 0.537. The highest BCUT2D eigenvalue weighted by Gasteiger charge is 2.56. The average molecular weight is 243 g/mol. The topological polar surface area (TPSA) is 38.0 Å². The molecule has 3 N–H and O–H groups in total. The number of rotatable bonds is 1. The van der Waals surface area contributed by atoms with E-state index in [2.05, 4.69) is 5.32 Å². The zero-order chi connectivity index (χ0) is 10.6. The van der Waals surface area contributed by atoms with E-state index in [4.69, 9.17) is 28.9 Å². The molecular formula is C11H12Cl2N2. The van der Waals surface area contributed by atoms with Crippen LogP contribution in [0.25, 0.3) is 0 Å². The van der Waals surface area contributed by atoms with E-state index in [9.17, 15) is 0 Å². The molecule has 1 heterocycles. The molecule has 1 aliphatic carbocycles. The molecule has 1 aliphatic heterocycles. The number of nitrogens with one attached hydrogen (secondary N) is 1. The van der Waals surface area contributed by atoms with E-state index in [1.165, 1.54) is 0 Å². The molecule has 0 bridgehead atoms. The maximum absolute atomic E-state index is 5.98. The smallest absolute Gasteiger partial charge is 0.0424 e. The molecule has 2 nitrogen and oxygen atoms in total. The van der Waals surface area contributed by atoms with Gasteiger partial charge in [0.25, 0.3) is 0 Å². The monoisotopic (exact) mass is 242 g/mol. The molecule has 0 aromatic heterocycles. The summed E-state index contributed by atoms with van der Waals surface area (Å²) in [6, 6.07) is 6.39. The second-order valence-electron chi connectivity index (χ2n) is 4.41. The van der Waals surface area contributed by atoms with Crippen LogP contribution in [0.15, 0.2) is 18.2 Å². The molecule has 4 heteroatoms. The second kappa shape index (κ2) is 3.36. The largest absolute Gasteiger partial charge is 0.327 e. The number of halogens is 2. The average Bonchev–Trinajstić information content (AvgIpc) is 2.62. The van der Waals surface area contributed by atoms with Gasteiger partial charge in [0.2, 0.25) is 0 Å². The van der Waals surface area contributed by atoms with Gasteiger partial charge in [0.15, 0.2) is 0 Å². The van der Waals surface area contributed by atoms with Crippen LogP contribution in [-0.2, 0) is 0 Å². The van der Waals surface area contributed by atoms with Gasteiger partial charge in [-0.25, -0.2) is 0 Å². The summed E-state index contributed by atoms with van der Waals surface area (Å²) in [6.45, 7) is 1.01. The Kier molecular flexibility index (Phi) is 2.22. The molecule has 1 aromatic carbocycles. The first-order valence-corrected chi connectivity index (χ1v) is 5.87. The third-order valence-corrected chi connectivity index (χ3v) is 3.93. The fourth-order valence-electron chi connectivity index (χ4n) is 2.66. The molecule has 2 fully saturated rings.